The normalized spacial score (nSPS) is 19.2. The van der Waals surface area contributed by atoms with Crippen LogP contribution in [0, 0.1) is 6.92 Å². The second-order valence-electron chi connectivity index (χ2n) is 5.95. The molecule has 0 radical (unpaired) electrons. The summed E-state index contributed by atoms with van der Waals surface area (Å²) in [5.41, 5.74) is 1.05. The Labute approximate surface area is 133 Å². The van der Waals surface area contributed by atoms with Gasteiger partial charge in [-0.25, -0.2) is 8.42 Å². The Morgan fingerprint density at radius 3 is 2.36 bits per heavy atom. The van der Waals surface area contributed by atoms with E-state index in [1.165, 1.54) is 0 Å². The van der Waals surface area contributed by atoms with E-state index in [0.717, 1.165) is 24.8 Å². The summed E-state index contributed by atoms with van der Waals surface area (Å²) in [6.45, 7) is 5.15. The fourth-order valence-corrected chi connectivity index (χ4v) is 4.22. The monoisotopic (exact) mass is 326 g/mol. The molecule has 124 valence electrons. The van der Waals surface area contributed by atoms with Gasteiger partial charge in [-0.1, -0.05) is 24.6 Å². The van der Waals surface area contributed by atoms with Crippen molar-refractivity contribution in [2.75, 3.05) is 19.7 Å². The van der Waals surface area contributed by atoms with Crippen LogP contribution in [0.4, 0.5) is 0 Å². The third-order valence-corrected chi connectivity index (χ3v) is 6.21. The van der Waals surface area contributed by atoms with E-state index in [1.54, 1.807) is 16.4 Å². The van der Waals surface area contributed by atoms with Gasteiger partial charge in [0.15, 0.2) is 0 Å². The molecule has 0 bridgehead atoms. The Bertz CT molecular complexity index is 560. The molecular weight excluding hydrogens is 300 g/mol. The molecule has 0 amide bonds. The minimum atomic E-state index is -3.39. The van der Waals surface area contributed by atoms with E-state index in [2.05, 4.69) is 5.32 Å². The van der Waals surface area contributed by atoms with Crippen LogP contribution < -0.4 is 5.32 Å². The van der Waals surface area contributed by atoms with Gasteiger partial charge >= 0.3 is 0 Å². The first-order valence-corrected chi connectivity index (χ1v) is 9.35. The van der Waals surface area contributed by atoms with Crippen LogP contribution in [0.5, 0.6) is 0 Å². The summed E-state index contributed by atoms with van der Waals surface area (Å²) in [6, 6.07) is 7.39. The molecule has 6 heteroatoms. The molecular formula is C16H26N2O3S. The second kappa shape index (κ2) is 7.55. The molecule has 5 nitrogen and oxygen atoms in total. The molecule has 1 heterocycles. The second-order valence-corrected chi connectivity index (χ2v) is 7.88. The highest BCUT2D eigenvalue weighted by molar-refractivity contribution is 7.89. The number of benzene rings is 1. The van der Waals surface area contributed by atoms with E-state index >= 15 is 0 Å². The number of aryl methyl sites for hydroxylation is 1. The number of hydrogen-bond acceptors (Lipinski definition) is 4. The summed E-state index contributed by atoms with van der Waals surface area (Å²) in [6.07, 6.45) is 2.43. The molecule has 1 aliphatic rings. The summed E-state index contributed by atoms with van der Waals surface area (Å²) < 4.78 is 26.8. The predicted molar refractivity (Wildman–Crippen MR) is 87.3 cm³/mol. The summed E-state index contributed by atoms with van der Waals surface area (Å²) in [5, 5.41) is 12.6. The van der Waals surface area contributed by atoms with Crippen molar-refractivity contribution < 1.29 is 13.5 Å². The Balaban J connectivity index is 1.97. The third kappa shape index (κ3) is 4.07. The van der Waals surface area contributed by atoms with Crippen molar-refractivity contribution >= 4 is 10.0 Å². The van der Waals surface area contributed by atoms with Gasteiger partial charge in [0, 0.05) is 25.2 Å². The zero-order valence-electron chi connectivity index (χ0n) is 13.3. The maximum absolute atomic E-state index is 12.6. The van der Waals surface area contributed by atoms with Crippen LogP contribution >= 0.6 is 0 Å². The van der Waals surface area contributed by atoms with Crippen molar-refractivity contribution in [1.29, 1.82) is 0 Å². The van der Waals surface area contributed by atoms with Gasteiger partial charge in [0.05, 0.1) is 11.5 Å². The van der Waals surface area contributed by atoms with Gasteiger partial charge in [0.2, 0.25) is 10.0 Å². The van der Waals surface area contributed by atoms with Crippen molar-refractivity contribution in [3.05, 3.63) is 29.8 Å². The smallest absolute Gasteiger partial charge is 0.243 e. The number of piperidine rings is 1. The van der Waals surface area contributed by atoms with Gasteiger partial charge in [0.1, 0.15) is 0 Å². The van der Waals surface area contributed by atoms with Crippen LogP contribution in [-0.2, 0) is 10.0 Å². The molecule has 0 saturated carbocycles. The van der Waals surface area contributed by atoms with Crippen LogP contribution in [0.25, 0.3) is 0 Å². The van der Waals surface area contributed by atoms with Crippen LogP contribution in [0.3, 0.4) is 0 Å². The van der Waals surface area contributed by atoms with Gasteiger partial charge in [-0.15, -0.1) is 0 Å². The lowest BCUT2D eigenvalue weighted by Gasteiger charge is -2.33. The lowest BCUT2D eigenvalue weighted by molar-refractivity contribution is 0.205. The van der Waals surface area contributed by atoms with Crippen LogP contribution in [0.15, 0.2) is 29.2 Å². The quantitative estimate of drug-likeness (QED) is 0.831. The zero-order chi connectivity index (χ0) is 16.2. The third-order valence-electron chi connectivity index (χ3n) is 4.30. The van der Waals surface area contributed by atoms with Crippen LogP contribution in [0.1, 0.15) is 31.7 Å². The fourth-order valence-electron chi connectivity index (χ4n) is 2.76. The minimum absolute atomic E-state index is 0.102. The molecule has 1 atom stereocenters. The first kappa shape index (κ1) is 17.4. The SMILES string of the molecule is CCC(CO)NC1CCN(S(=O)(=O)c2ccc(C)cc2)CC1. The number of aliphatic hydroxyl groups is 1. The molecule has 1 aromatic rings. The van der Waals surface area contributed by atoms with Gasteiger partial charge < -0.3 is 10.4 Å². The number of hydrogen-bond donors (Lipinski definition) is 2. The summed E-state index contributed by atoms with van der Waals surface area (Å²) in [7, 11) is -3.39. The number of sulfonamides is 1. The molecule has 1 aliphatic heterocycles. The van der Waals surface area contributed by atoms with E-state index in [-0.39, 0.29) is 18.7 Å². The maximum atomic E-state index is 12.6. The summed E-state index contributed by atoms with van der Waals surface area (Å²) >= 11 is 0. The Hall–Kier alpha value is -0.950. The number of nitrogens with zero attached hydrogens (tertiary/aromatic N) is 1. The van der Waals surface area contributed by atoms with Gasteiger partial charge in [-0.05, 0) is 38.3 Å². The standard InChI is InChI=1S/C16H26N2O3S/c1-3-14(12-19)17-15-8-10-18(11-9-15)22(20,21)16-6-4-13(2)5-7-16/h4-7,14-15,17,19H,3,8-12H2,1-2H3. The van der Waals surface area contributed by atoms with Crippen molar-refractivity contribution in [2.24, 2.45) is 0 Å². The summed E-state index contributed by atoms with van der Waals surface area (Å²) in [5.74, 6) is 0. The Morgan fingerprint density at radius 1 is 1.27 bits per heavy atom. The first-order valence-electron chi connectivity index (χ1n) is 7.91. The number of aliphatic hydroxyl groups excluding tert-OH is 1. The molecule has 0 spiro atoms. The van der Waals surface area contributed by atoms with E-state index in [0.29, 0.717) is 18.0 Å². The van der Waals surface area contributed by atoms with Crippen LogP contribution in [-0.4, -0.2) is 49.6 Å². The lowest BCUT2D eigenvalue weighted by atomic mass is 10.1. The van der Waals surface area contributed by atoms with Crippen LogP contribution in [0.2, 0.25) is 0 Å². The predicted octanol–water partition coefficient (Wildman–Crippen LogP) is 1.51. The Kier molecular flexibility index (Phi) is 5.97. The average molecular weight is 326 g/mol. The van der Waals surface area contributed by atoms with Crippen molar-refractivity contribution in [2.45, 2.75) is 50.1 Å². The number of nitrogens with one attached hydrogen (secondary N) is 1. The van der Waals surface area contributed by atoms with Crippen molar-refractivity contribution in [3.63, 3.8) is 0 Å². The largest absolute Gasteiger partial charge is 0.395 e. The minimum Gasteiger partial charge on any atom is -0.395 e. The molecule has 1 aromatic carbocycles. The topological polar surface area (TPSA) is 69.6 Å². The Morgan fingerprint density at radius 2 is 1.86 bits per heavy atom. The highest BCUT2D eigenvalue weighted by atomic mass is 32.2. The van der Waals surface area contributed by atoms with E-state index in [1.807, 2.05) is 26.0 Å². The van der Waals surface area contributed by atoms with Gasteiger partial charge in [-0.3, -0.25) is 0 Å². The van der Waals surface area contributed by atoms with Crippen molar-refractivity contribution in [3.8, 4) is 0 Å². The first-order chi connectivity index (χ1) is 10.5. The molecule has 2 N–H and O–H groups in total. The molecule has 1 unspecified atom stereocenters. The molecule has 1 fully saturated rings. The molecule has 22 heavy (non-hydrogen) atoms. The lowest BCUT2D eigenvalue weighted by Crippen LogP contribution is -2.48. The molecule has 0 aliphatic carbocycles. The van der Waals surface area contributed by atoms with Gasteiger partial charge in [0.25, 0.3) is 0 Å². The average Bonchev–Trinajstić information content (AvgIpc) is 2.53. The fraction of sp³-hybridized carbons (Fsp3) is 0.625. The van der Waals surface area contributed by atoms with E-state index in [4.69, 9.17) is 0 Å². The number of rotatable bonds is 6. The van der Waals surface area contributed by atoms with Gasteiger partial charge in [-0.2, -0.15) is 4.31 Å². The summed E-state index contributed by atoms with van der Waals surface area (Å²) in [4.78, 5) is 0.367. The highest BCUT2D eigenvalue weighted by Gasteiger charge is 2.29. The van der Waals surface area contributed by atoms with E-state index < -0.39 is 10.0 Å². The highest BCUT2D eigenvalue weighted by Crippen LogP contribution is 2.21. The molecule has 2 rings (SSSR count). The van der Waals surface area contributed by atoms with E-state index in [9.17, 15) is 13.5 Å². The molecule has 1 saturated heterocycles. The molecule has 0 aromatic heterocycles. The zero-order valence-corrected chi connectivity index (χ0v) is 14.1. The van der Waals surface area contributed by atoms with Crippen molar-refractivity contribution in [1.82, 2.24) is 9.62 Å². The maximum Gasteiger partial charge on any atom is 0.243 e.